The van der Waals surface area contributed by atoms with Gasteiger partial charge >= 0.3 is 0 Å². The molecule has 1 aromatic heterocycles. The standard InChI is InChI=1S/C9H3ClINS/c10-8-6(4-12)2-1-5-3-7(11)13-9(5)8/h1-3H. The molecule has 0 saturated carbocycles. The summed E-state index contributed by atoms with van der Waals surface area (Å²) in [7, 11) is 0. The number of nitriles is 1. The van der Waals surface area contributed by atoms with Crippen molar-refractivity contribution < 1.29 is 0 Å². The Morgan fingerprint density at radius 1 is 1.46 bits per heavy atom. The molecule has 1 heterocycles. The van der Waals surface area contributed by atoms with Crippen LogP contribution < -0.4 is 0 Å². The minimum absolute atomic E-state index is 0.549. The maximum atomic E-state index is 8.75. The molecule has 1 nitrogen and oxygen atoms in total. The largest absolute Gasteiger partial charge is 0.192 e. The van der Waals surface area contributed by atoms with Crippen molar-refractivity contribution in [2.24, 2.45) is 0 Å². The fourth-order valence-electron chi connectivity index (χ4n) is 1.12. The second-order valence-electron chi connectivity index (χ2n) is 2.51. The number of thiophene rings is 1. The molecule has 4 heteroatoms. The van der Waals surface area contributed by atoms with Gasteiger partial charge in [-0.05, 0) is 40.1 Å². The highest BCUT2D eigenvalue weighted by atomic mass is 127. The summed E-state index contributed by atoms with van der Waals surface area (Å²) in [6, 6.07) is 7.82. The number of nitrogens with zero attached hydrogens (tertiary/aromatic N) is 1. The van der Waals surface area contributed by atoms with E-state index in [0.717, 1.165) is 10.1 Å². The molecule has 0 amide bonds. The Balaban J connectivity index is 2.87. The lowest BCUT2D eigenvalue weighted by molar-refractivity contribution is 1.50. The molecule has 13 heavy (non-hydrogen) atoms. The van der Waals surface area contributed by atoms with Crippen LogP contribution in [0, 0.1) is 14.2 Å². The minimum atomic E-state index is 0.549. The lowest BCUT2D eigenvalue weighted by atomic mass is 10.2. The summed E-state index contributed by atoms with van der Waals surface area (Å²) in [4.78, 5) is 0. The summed E-state index contributed by atoms with van der Waals surface area (Å²) >= 11 is 9.90. The molecule has 1 aromatic carbocycles. The van der Waals surface area contributed by atoms with Gasteiger partial charge in [0.1, 0.15) is 6.07 Å². The highest BCUT2D eigenvalue weighted by Crippen LogP contribution is 2.34. The summed E-state index contributed by atoms with van der Waals surface area (Å²) in [5.41, 5.74) is 0.549. The van der Waals surface area contributed by atoms with Crippen LogP contribution in [0.5, 0.6) is 0 Å². The summed E-state index contributed by atoms with van der Waals surface area (Å²) < 4.78 is 2.19. The first kappa shape index (κ1) is 9.25. The second-order valence-corrected chi connectivity index (χ2v) is 5.83. The maximum absolute atomic E-state index is 8.75. The summed E-state index contributed by atoms with van der Waals surface area (Å²) in [6.07, 6.45) is 0. The molecule has 0 radical (unpaired) electrons. The van der Waals surface area contributed by atoms with Gasteiger partial charge in [-0.15, -0.1) is 11.3 Å². The van der Waals surface area contributed by atoms with E-state index < -0.39 is 0 Å². The molecule has 0 aliphatic rings. The zero-order valence-corrected chi connectivity index (χ0v) is 10.1. The topological polar surface area (TPSA) is 23.8 Å². The molecule has 0 atom stereocenters. The van der Waals surface area contributed by atoms with Crippen LogP contribution in [0.25, 0.3) is 10.1 Å². The second kappa shape index (κ2) is 3.45. The number of benzene rings is 1. The predicted molar refractivity (Wildman–Crippen MR) is 64.3 cm³/mol. The van der Waals surface area contributed by atoms with Crippen molar-refractivity contribution >= 4 is 55.6 Å². The number of fused-ring (bicyclic) bond motifs is 1. The molecular weight excluding hydrogens is 317 g/mol. The summed E-state index contributed by atoms with van der Waals surface area (Å²) in [6.45, 7) is 0. The Labute approximate surface area is 98.1 Å². The van der Waals surface area contributed by atoms with E-state index in [2.05, 4.69) is 34.7 Å². The van der Waals surface area contributed by atoms with Crippen LogP contribution in [0.1, 0.15) is 5.56 Å². The zero-order chi connectivity index (χ0) is 9.42. The fourth-order valence-corrected chi connectivity index (χ4v) is 3.28. The van der Waals surface area contributed by atoms with E-state index in [0.29, 0.717) is 10.6 Å². The van der Waals surface area contributed by atoms with Gasteiger partial charge in [-0.1, -0.05) is 17.7 Å². The Morgan fingerprint density at radius 2 is 2.23 bits per heavy atom. The third-order valence-corrected chi connectivity index (χ3v) is 4.15. The average molecular weight is 320 g/mol. The van der Waals surface area contributed by atoms with Crippen LogP contribution in [0.2, 0.25) is 5.02 Å². The van der Waals surface area contributed by atoms with Crippen molar-refractivity contribution in [1.29, 1.82) is 5.26 Å². The van der Waals surface area contributed by atoms with E-state index in [1.807, 2.05) is 6.07 Å². The van der Waals surface area contributed by atoms with Crippen LogP contribution in [0.15, 0.2) is 18.2 Å². The van der Waals surface area contributed by atoms with Gasteiger partial charge in [-0.3, -0.25) is 0 Å². The Bertz CT molecular complexity index is 512. The first-order valence-corrected chi connectivity index (χ1v) is 5.77. The molecular formula is C9H3ClINS. The Kier molecular flexibility index (Phi) is 2.45. The predicted octanol–water partition coefficient (Wildman–Crippen LogP) is 4.03. The van der Waals surface area contributed by atoms with Gasteiger partial charge in [0.05, 0.1) is 18.2 Å². The molecule has 0 aliphatic carbocycles. The number of hydrogen-bond acceptors (Lipinski definition) is 2. The van der Waals surface area contributed by atoms with E-state index in [-0.39, 0.29) is 0 Å². The van der Waals surface area contributed by atoms with E-state index >= 15 is 0 Å². The molecule has 0 bridgehead atoms. The van der Waals surface area contributed by atoms with E-state index in [1.54, 1.807) is 17.4 Å². The third-order valence-electron chi connectivity index (χ3n) is 1.72. The monoisotopic (exact) mass is 319 g/mol. The highest BCUT2D eigenvalue weighted by molar-refractivity contribution is 14.1. The first-order valence-electron chi connectivity index (χ1n) is 3.50. The quantitative estimate of drug-likeness (QED) is 0.673. The lowest BCUT2D eigenvalue weighted by Crippen LogP contribution is -1.74. The van der Waals surface area contributed by atoms with E-state index in [4.69, 9.17) is 16.9 Å². The van der Waals surface area contributed by atoms with Crippen molar-refractivity contribution in [3.05, 3.63) is 31.7 Å². The Hall–Kier alpha value is -0.310. The molecule has 0 aliphatic heterocycles. The lowest BCUT2D eigenvalue weighted by Gasteiger charge is -1.94. The Morgan fingerprint density at radius 3 is 2.92 bits per heavy atom. The molecule has 2 rings (SSSR count). The normalized spacial score (nSPS) is 10.2. The van der Waals surface area contributed by atoms with Crippen LogP contribution in [-0.2, 0) is 0 Å². The van der Waals surface area contributed by atoms with Crippen LogP contribution in [0.3, 0.4) is 0 Å². The maximum Gasteiger partial charge on any atom is 0.101 e. The number of hydrogen-bond donors (Lipinski definition) is 0. The van der Waals surface area contributed by atoms with Gasteiger partial charge in [0.25, 0.3) is 0 Å². The van der Waals surface area contributed by atoms with Gasteiger partial charge in [0.2, 0.25) is 0 Å². The van der Waals surface area contributed by atoms with E-state index in [1.165, 1.54) is 2.88 Å². The van der Waals surface area contributed by atoms with Gasteiger partial charge in [-0.2, -0.15) is 5.26 Å². The van der Waals surface area contributed by atoms with Crippen molar-refractivity contribution in [3.63, 3.8) is 0 Å². The first-order chi connectivity index (χ1) is 6.22. The summed E-state index contributed by atoms with van der Waals surface area (Å²) in [5, 5.41) is 10.4. The van der Waals surface area contributed by atoms with Crippen LogP contribution in [-0.4, -0.2) is 0 Å². The summed E-state index contributed by atoms with van der Waals surface area (Å²) in [5.74, 6) is 0. The molecule has 0 saturated heterocycles. The van der Waals surface area contributed by atoms with Crippen molar-refractivity contribution in [1.82, 2.24) is 0 Å². The van der Waals surface area contributed by atoms with Gasteiger partial charge in [0, 0.05) is 0 Å². The van der Waals surface area contributed by atoms with Crippen LogP contribution >= 0.6 is 45.5 Å². The fraction of sp³-hybridized carbons (Fsp3) is 0. The van der Waals surface area contributed by atoms with Gasteiger partial charge in [-0.25, -0.2) is 0 Å². The van der Waals surface area contributed by atoms with Crippen LogP contribution in [0.4, 0.5) is 0 Å². The van der Waals surface area contributed by atoms with Gasteiger partial charge < -0.3 is 0 Å². The highest BCUT2D eigenvalue weighted by Gasteiger charge is 2.07. The number of rotatable bonds is 0. The minimum Gasteiger partial charge on any atom is -0.192 e. The van der Waals surface area contributed by atoms with Crippen molar-refractivity contribution in [3.8, 4) is 6.07 Å². The zero-order valence-electron chi connectivity index (χ0n) is 6.34. The SMILES string of the molecule is N#Cc1ccc2cc(I)sc2c1Cl. The molecule has 0 spiro atoms. The van der Waals surface area contributed by atoms with Gasteiger partial charge in [0.15, 0.2) is 0 Å². The molecule has 64 valence electrons. The van der Waals surface area contributed by atoms with Crippen molar-refractivity contribution in [2.45, 2.75) is 0 Å². The molecule has 0 unspecified atom stereocenters. The average Bonchev–Trinajstić information content (AvgIpc) is 2.47. The molecule has 2 aromatic rings. The van der Waals surface area contributed by atoms with E-state index in [9.17, 15) is 0 Å². The third kappa shape index (κ3) is 1.54. The molecule has 0 fully saturated rings. The van der Waals surface area contributed by atoms with Crippen molar-refractivity contribution in [2.75, 3.05) is 0 Å². The number of halogens is 2. The smallest absolute Gasteiger partial charge is 0.101 e. The molecule has 0 N–H and O–H groups in total.